The number of nitrogens with zero attached hydrogens (tertiary/aromatic N) is 2. The number of benzene rings is 1. The fraction of sp³-hybridized carbons (Fsp3) is 0.333. The molecule has 1 aliphatic rings. The highest BCUT2D eigenvalue weighted by Crippen LogP contribution is 2.17. The minimum Gasteiger partial charge on any atom is -0.378 e. The molecule has 0 aliphatic carbocycles. The van der Waals surface area contributed by atoms with Crippen molar-refractivity contribution in [2.24, 2.45) is 0 Å². The number of halogens is 1. The SMILES string of the molecule is O=c1[nH]c2cc(Cl)ccc2nc1N1CCOCC1. The van der Waals surface area contributed by atoms with Gasteiger partial charge in [0.05, 0.1) is 24.2 Å². The minimum absolute atomic E-state index is 0.188. The molecule has 2 aromatic rings. The van der Waals surface area contributed by atoms with Gasteiger partial charge in [-0.05, 0) is 18.2 Å². The number of aromatic nitrogens is 2. The van der Waals surface area contributed by atoms with Gasteiger partial charge in [0, 0.05) is 18.1 Å². The number of aromatic amines is 1. The number of hydrogen-bond acceptors (Lipinski definition) is 4. The molecule has 0 radical (unpaired) electrons. The van der Waals surface area contributed by atoms with E-state index < -0.39 is 0 Å². The Morgan fingerprint density at radius 1 is 1.33 bits per heavy atom. The number of hydrogen-bond donors (Lipinski definition) is 1. The highest BCUT2D eigenvalue weighted by atomic mass is 35.5. The lowest BCUT2D eigenvalue weighted by atomic mass is 10.3. The first-order valence-electron chi connectivity index (χ1n) is 5.76. The van der Waals surface area contributed by atoms with E-state index in [1.165, 1.54) is 0 Å². The van der Waals surface area contributed by atoms with Crippen LogP contribution in [0.1, 0.15) is 0 Å². The summed E-state index contributed by atoms with van der Waals surface area (Å²) in [5, 5.41) is 0.582. The predicted octanol–water partition coefficient (Wildman–Crippen LogP) is 1.41. The molecule has 5 nitrogen and oxygen atoms in total. The van der Waals surface area contributed by atoms with Crippen molar-refractivity contribution in [2.45, 2.75) is 0 Å². The molecule has 1 N–H and O–H groups in total. The van der Waals surface area contributed by atoms with Crippen LogP contribution in [0.4, 0.5) is 5.82 Å². The monoisotopic (exact) mass is 265 g/mol. The van der Waals surface area contributed by atoms with Crippen LogP contribution in [0.3, 0.4) is 0 Å². The Balaban J connectivity index is 2.09. The lowest BCUT2D eigenvalue weighted by Crippen LogP contribution is -2.39. The van der Waals surface area contributed by atoms with Crippen molar-refractivity contribution < 1.29 is 4.74 Å². The largest absolute Gasteiger partial charge is 0.378 e. The van der Waals surface area contributed by atoms with Crippen molar-refractivity contribution >= 4 is 28.5 Å². The van der Waals surface area contributed by atoms with Crippen LogP contribution in [0.25, 0.3) is 11.0 Å². The Kier molecular flexibility index (Phi) is 2.93. The smallest absolute Gasteiger partial charge is 0.291 e. The summed E-state index contributed by atoms with van der Waals surface area (Å²) < 4.78 is 5.27. The molecule has 0 amide bonds. The molecular formula is C12H12ClN3O2. The van der Waals surface area contributed by atoms with E-state index in [4.69, 9.17) is 16.3 Å². The van der Waals surface area contributed by atoms with Crippen LogP contribution in [-0.2, 0) is 4.74 Å². The van der Waals surface area contributed by atoms with E-state index >= 15 is 0 Å². The predicted molar refractivity (Wildman–Crippen MR) is 70.4 cm³/mol. The van der Waals surface area contributed by atoms with Crippen LogP contribution < -0.4 is 10.5 Å². The molecule has 0 atom stereocenters. The molecule has 18 heavy (non-hydrogen) atoms. The molecule has 2 heterocycles. The molecule has 3 rings (SSSR count). The molecule has 0 spiro atoms. The summed E-state index contributed by atoms with van der Waals surface area (Å²) in [6.07, 6.45) is 0. The topological polar surface area (TPSA) is 58.2 Å². The molecule has 1 aliphatic heterocycles. The van der Waals surface area contributed by atoms with E-state index in [-0.39, 0.29) is 5.56 Å². The number of ether oxygens (including phenoxy) is 1. The summed E-state index contributed by atoms with van der Waals surface area (Å²) in [6, 6.07) is 5.27. The normalized spacial score (nSPS) is 16.2. The van der Waals surface area contributed by atoms with Gasteiger partial charge in [0.2, 0.25) is 0 Å². The zero-order chi connectivity index (χ0) is 12.5. The highest BCUT2D eigenvalue weighted by Gasteiger charge is 2.16. The second kappa shape index (κ2) is 4.59. The summed E-state index contributed by atoms with van der Waals surface area (Å²) in [5.41, 5.74) is 1.21. The second-order valence-corrected chi connectivity index (χ2v) is 4.59. The van der Waals surface area contributed by atoms with E-state index in [1.54, 1.807) is 18.2 Å². The standard InChI is InChI=1S/C12H12ClN3O2/c13-8-1-2-9-10(7-8)15-12(17)11(14-9)16-3-5-18-6-4-16/h1-2,7H,3-6H2,(H,15,17). The van der Waals surface area contributed by atoms with Gasteiger partial charge in [0.15, 0.2) is 5.82 Å². The molecule has 0 unspecified atom stereocenters. The van der Waals surface area contributed by atoms with E-state index in [1.807, 2.05) is 4.90 Å². The van der Waals surface area contributed by atoms with E-state index in [0.717, 1.165) is 5.52 Å². The Bertz CT molecular complexity index is 635. The van der Waals surface area contributed by atoms with Gasteiger partial charge < -0.3 is 14.6 Å². The Labute approximate surface area is 108 Å². The third kappa shape index (κ3) is 2.07. The fourth-order valence-electron chi connectivity index (χ4n) is 2.04. The van der Waals surface area contributed by atoms with Crippen LogP contribution in [0.2, 0.25) is 5.02 Å². The molecule has 1 fully saturated rings. The van der Waals surface area contributed by atoms with Crippen LogP contribution in [0.5, 0.6) is 0 Å². The van der Waals surface area contributed by atoms with Crippen LogP contribution in [0.15, 0.2) is 23.0 Å². The average molecular weight is 266 g/mol. The van der Waals surface area contributed by atoms with Crippen molar-refractivity contribution in [1.29, 1.82) is 0 Å². The van der Waals surface area contributed by atoms with Gasteiger partial charge in [-0.3, -0.25) is 4.79 Å². The number of rotatable bonds is 1. The Hall–Kier alpha value is -1.59. The van der Waals surface area contributed by atoms with Crippen molar-refractivity contribution in [2.75, 3.05) is 31.2 Å². The fourth-order valence-corrected chi connectivity index (χ4v) is 2.21. The van der Waals surface area contributed by atoms with Crippen molar-refractivity contribution in [1.82, 2.24) is 9.97 Å². The van der Waals surface area contributed by atoms with Gasteiger partial charge in [-0.25, -0.2) is 4.98 Å². The maximum atomic E-state index is 12.0. The molecule has 1 saturated heterocycles. The van der Waals surface area contributed by atoms with Gasteiger partial charge in [-0.2, -0.15) is 0 Å². The molecule has 1 aromatic heterocycles. The van der Waals surface area contributed by atoms with Crippen LogP contribution >= 0.6 is 11.6 Å². The van der Waals surface area contributed by atoms with E-state index in [2.05, 4.69) is 9.97 Å². The Morgan fingerprint density at radius 3 is 2.89 bits per heavy atom. The third-order valence-electron chi connectivity index (χ3n) is 2.95. The van der Waals surface area contributed by atoms with Crippen molar-refractivity contribution in [3.63, 3.8) is 0 Å². The first-order valence-corrected chi connectivity index (χ1v) is 6.14. The lowest BCUT2D eigenvalue weighted by Gasteiger charge is -2.27. The number of H-pyrrole nitrogens is 1. The maximum Gasteiger partial charge on any atom is 0.291 e. The quantitative estimate of drug-likeness (QED) is 0.847. The minimum atomic E-state index is -0.188. The van der Waals surface area contributed by atoms with Gasteiger partial charge >= 0.3 is 0 Å². The van der Waals surface area contributed by atoms with Crippen LogP contribution in [-0.4, -0.2) is 36.3 Å². The summed E-state index contributed by atoms with van der Waals surface area (Å²) in [7, 11) is 0. The van der Waals surface area contributed by atoms with E-state index in [9.17, 15) is 4.79 Å². The first kappa shape index (κ1) is 11.5. The summed E-state index contributed by atoms with van der Waals surface area (Å²) >= 11 is 5.88. The first-order chi connectivity index (χ1) is 8.74. The summed E-state index contributed by atoms with van der Waals surface area (Å²) in [4.78, 5) is 21.2. The maximum absolute atomic E-state index is 12.0. The molecular weight excluding hydrogens is 254 g/mol. The van der Waals surface area contributed by atoms with Gasteiger partial charge in [-0.15, -0.1) is 0 Å². The molecule has 94 valence electrons. The molecule has 0 saturated carbocycles. The average Bonchev–Trinajstić information content (AvgIpc) is 2.39. The number of nitrogens with one attached hydrogen (secondary N) is 1. The Morgan fingerprint density at radius 2 is 2.11 bits per heavy atom. The number of morpholine rings is 1. The molecule has 6 heteroatoms. The van der Waals surface area contributed by atoms with Gasteiger partial charge in [-0.1, -0.05) is 11.6 Å². The van der Waals surface area contributed by atoms with Crippen molar-refractivity contribution in [3.05, 3.63) is 33.6 Å². The zero-order valence-electron chi connectivity index (χ0n) is 9.65. The van der Waals surface area contributed by atoms with Gasteiger partial charge in [0.25, 0.3) is 5.56 Å². The zero-order valence-corrected chi connectivity index (χ0v) is 10.4. The van der Waals surface area contributed by atoms with E-state index in [0.29, 0.717) is 42.7 Å². The summed E-state index contributed by atoms with van der Waals surface area (Å²) in [6.45, 7) is 2.63. The summed E-state index contributed by atoms with van der Waals surface area (Å²) in [5.74, 6) is 0.452. The third-order valence-corrected chi connectivity index (χ3v) is 3.18. The van der Waals surface area contributed by atoms with Crippen molar-refractivity contribution in [3.8, 4) is 0 Å². The van der Waals surface area contributed by atoms with Gasteiger partial charge in [0.1, 0.15) is 0 Å². The lowest BCUT2D eigenvalue weighted by molar-refractivity contribution is 0.122. The van der Waals surface area contributed by atoms with Crippen LogP contribution in [0, 0.1) is 0 Å². The highest BCUT2D eigenvalue weighted by molar-refractivity contribution is 6.31. The number of fused-ring (bicyclic) bond motifs is 1. The number of anilines is 1. The second-order valence-electron chi connectivity index (χ2n) is 4.15. The molecule has 0 bridgehead atoms. The molecule has 1 aromatic carbocycles.